The largest absolute Gasteiger partial charge is 0.415 e. The van der Waals surface area contributed by atoms with Crippen molar-refractivity contribution in [3.05, 3.63) is 0 Å². The molecule has 1 saturated heterocycles. The number of hydrogen-bond donors (Lipinski definition) is 0. The van der Waals surface area contributed by atoms with Gasteiger partial charge in [0.2, 0.25) is 0 Å². The number of hydrogen-bond acceptors (Lipinski definition) is 6. The molecule has 1 aliphatic rings. The molecular formula is C19H46O6Si4. The van der Waals surface area contributed by atoms with Crippen LogP contribution in [-0.4, -0.2) is 77.7 Å². The molecule has 0 radical (unpaired) electrons. The summed E-state index contributed by atoms with van der Waals surface area (Å²) in [4.78, 5) is 0. The lowest BCUT2D eigenvalue weighted by molar-refractivity contribution is -0.283. The fraction of sp³-hybridized carbons (Fsp3) is 1.00. The highest BCUT2D eigenvalue weighted by Gasteiger charge is 2.51. The third kappa shape index (κ3) is 10.7. The normalized spacial score (nSPS) is 29.9. The van der Waals surface area contributed by atoms with E-state index in [1.54, 1.807) is 7.11 Å². The molecular weight excluding hydrogens is 437 g/mol. The van der Waals surface area contributed by atoms with Crippen molar-refractivity contribution in [3.63, 3.8) is 0 Å². The molecule has 174 valence electrons. The minimum absolute atomic E-state index is 0.238. The predicted octanol–water partition coefficient (Wildman–Crippen LogP) is 4.87. The molecule has 1 rings (SSSR count). The summed E-state index contributed by atoms with van der Waals surface area (Å²) in [7, 11) is -5.66. The Hall–Kier alpha value is 0.628. The zero-order valence-electron chi connectivity index (χ0n) is 21.0. The molecule has 0 aromatic heterocycles. The van der Waals surface area contributed by atoms with Crippen LogP contribution >= 0.6 is 0 Å². The number of ether oxygens (including phenoxy) is 2. The van der Waals surface area contributed by atoms with Gasteiger partial charge >= 0.3 is 0 Å². The van der Waals surface area contributed by atoms with Crippen molar-refractivity contribution in [2.24, 2.45) is 0 Å². The van der Waals surface area contributed by atoms with Crippen LogP contribution in [0.5, 0.6) is 0 Å². The zero-order chi connectivity index (χ0) is 22.8. The SMILES string of the molecule is COC1OC(CO[Si](C)(C)C)C(O[Si](C)(C)C)C(O[Si](C)(C)C)C1O[Si](C)(C)C. The fourth-order valence-corrected chi connectivity index (χ4v) is 7.07. The van der Waals surface area contributed by atoms with Gasteiger partial charge in [0.05, 0.1) is 6.61 Å². The first-order chi connectivity index (χ1) is 12.8. The lowest BCUT2D eigenvalue weighted by atomic mass is 9.99. The highest BCUT2D eigenvalue weighted by atomic mass is 28.4. The van der Waals surface area contributed by atoms with E-state index >= 15 is 0 Å². The second-order valence-electron chi connectivity index (χ2n) is 11.8. The lowest BCUT2D eigenvalue weighted by Gasteiger charge is -2.50. The van der Waals surface area contributed by atoms with E-state index in [0.717, 1.165) is 0 Å². The van der Waals surface area contributed by atoms with Gasteiger partial charge in [-0.1, -0.05) is 0 Å². The highest BCUT2D eigenvalue weighted by molar-refractivity contribution is 6.71. The van der Waals surface area contributed by atoms with E-state index in [4.69, 9.17) is 27.2 Å². The summed E-state index contributed by atoms with van der Waals surface area (Å²) in [6.07, 6.45) is -1.55. The molecule has 1 fully saturated rings. The summed E-state index contributed by atoms with van der Waals surface area (Å²) in [5.41, 5.74) is 0. The Morgan fingerprint density at radius 3 is 1.38 bits per heavy atom. The quantitative estimate of drug-likeness (QED) is 0.414. The maximum atomic E-state index is 6.72. The molecule has 0 saturated carbocycles. The van der Waals surface area contributed by atoms with Gasteiger partial charge in [-0.3, -0.25) is 0 Å². The van der Waals surface area contributed by atoms with Gasteiger partial charge in [0.25, 0.3) is 0 Å². The van der Waals surface area contributed by atoms with Crippen LogP contribution in [0, 0.1) is 0 Å². The molecule has 0 aromatic rings. The summed E-state index contributed by atoms with van der Waals surface area (Å²) in [6, 6.07) is 0. The molecule has 0 aliphatic carbocycles. The molecule has 5 unspecified atom stereocenters. The second kappa shape index (κ2) is 10.1. The monoisotopic (exact) mass is 482 g/mol. The Balaban J connectivity index is 3.34. The molecule has 0 aromatic carbocycles. The maximum Gasteiger partial charge on any atom is 0.185 e. The third-order valence-electron chi connectivity index (χ3n) is 3.97. The van der Waals surface area contributed by atoms with Crippen molar-refractivity contribution in [1.29, 1.82) is 0 Å². The Bertz CT molecular complexity index is 507. The van der Waals surface area contributed by atoms with Crippen molar-refractivity contribution >= 4 is 33.3 Å². The van der Waals surface area contributed by atoms with Crippen LogP contribution in [0.15, 0.2) is 0 Å². The van der Waals surface area contributed by atoms with Gasteiger partial charge in [0, 0.05) is 7.11 Å². The number of rotatable bonds is 10. The van der Waals surface area contributed by atoms with E-state index in [2.05, 4.69) is 78.6 Å². The molecule has 0 spiro atoms. The van der Waals surface area contributed by atoms with Crippen LogP contribution in [-0.2, 0) is 27.2 Å². The Morgan fingerprint density at radius 1 is 0.586 bits per heavy atom. The minimum atomic E-state index is -1.88. The molecule has 10 heteroatoms. The van der Waals surface area contributed by atoms with Crippen LogP contribution in [0.25, 0.3) is 0 Å². The van der Waals surface area contributed by atoms with Crippen LogP contribution in [0.2, 0.25) is 78.6 Å². The molecule has 6 nitrogen and oxygen atoms in total. The molecule has 0 N–H and O–H groups in total. The Morgan fingerprint density at radius 2 is 1.00 bits per heavy atom. The summed E-state index contributed by atoms with van der Waals surface area (Å²) >= 11 is 0. The van der Waals surface area contributed by atoms with E-state index in [0.29, 0.717) is 6.61 Å². The van der Waals surface area contributed by atoms with Crippen molar-refractivity contribution in [3.8, 4) is 0 Å². The van der Waals surface area contributed by atoms with Crippen LogP contribution in [0.1, 0.15) is 0 Å². The number of methoxy groups -OCH3 is 1. The molecule has 5 atom stereocenters. The molecule has 0 amide bonds. The summed E-state index contributed by atoms with van der Waals surface area (Å²) in [5, 5.41) is 0. The molecule has 29 heavy (non-hydrogen) atoms. The zero-order valence-corrected chi connectivity index (χ0v) is 25.0. The highest BCUT2D eigenvalue weighted by Crippen LogP contribution is 2.34. The summed E-state index contributed by atoms with van der Waals surface area (Å²) in [5.74, 6) is 0. The first-order valence-corrected chi connectivity index (χ1v) is 24.3. The van der Waals surface area contributed by atoms with Crippen molar-refractivity contribution in [2.75, 3.05) is 13.7 Å². The summed E-state index contributed by atoms with van der Waals surface area (Å²) in [6.45, 7) is 26.8. The average molecular weight is 483 g/mol. The van der Waals surface area contributed by atoms with E-state index in [1.807, 2.05) is 0 Å². The Labute approximate surface area is 183 Å². The van der Waals surface area contributed by atoms with E-state index in [9.17, 15) is 0 Å². The predicted molar refractivity (Wildman–Crippen MR) is 130 cm³/mol. The topological polar surface area (TPSA) is 55.4 Å². The molecule has 0 bridgehead atoms. The van der Waals surface area contributed by atoms with E-state index in [1.165, 1.54) is 0 Å². The lowest BCUT2D eigenvalue weighted by Crippen LogP contribution is -2.66. The molecule has 1 aliphatic heterocycles. The second-order valence-corrected chi connectivity index (χ2v) is 29.7. The van der Waals surface area contributed by atoms with Gasteiger partial charge in [-0.15, -0.1) is 0 Å². The summed E-state index contributed by atoms with van der Waals surface area (Å²) < 4.78 is 38.4. The van der Waals surface area contributed by atoms with Gasteiger partial charge in [0.1, 0.15) is 24.4 Å². The van der Waals surface area contributed by atoms with Gasteiger partial charge < -0.3 is 27.2 Å². The van der Waals surface area contributed by atoms with Crippen molar-refractivity contribution in [2.45, 2.75) is 109 Å². The minimum Gasteiger partial charge on any atom is -0.415 e. The smallest absolute Gasteiger partial charge is 0.185 e. The van der Waals surface area contributed by atoms with Gasteiger partial charge in [-0.25, -0.2) is 0 Å². The van der Waals surface area contributed by atoms with Crippen LogP contribution in [0.3, 0.4) is 0 Å². The van der Waals surface area contributed by atoms with Crippen molar-refractivity contribution < 1.29 is 27.2 Å². The van der Waals surface area contributed by atoms with E-state index < -0.39 is 39.6 Å². The van der Waals surface area contributed by atoms with E-state index in [-0.39, 0.29) is 24.4 Å². The average Bonchev–Trinajstić information content (AvgIpc) is 2.44. The first kappa shape index (κ1) is 27.7. The Kier molecular flexibility index (Phi) is 9.59. The van der Waals surface area contributed by atoms with Crippen LogP contribution in [0.4, 0.5) is 0 Å². The fourth-order valence-electron chi connectivity index (χ4n) is 3.16. The maximum absolute atomic E-state index is 6.72. The van der Waals surface area contributed by atoms with Gasteiger partial charge in [0.15, 0.2) is 39.6 Å². The molecule has 1 heterocycles. The first-order valence-electron chi connectivity index (χ1n) is 10.7. The standard InChI is InChI=1S/C19H46O6Si4/c1-20-19-18(25-29(11,12)13)17(24-28(8,9)10)16(23-27(5,6)7)15(22-19)14-21-26(2,3)4/h15-19H,14H2,1-13H3. The van der Waals surface area contributed by atoms with Gasteiger partial charge in [-0.2, -0.15) is 0 Å². The third-order valence-corrected chi connectivity index (χ3v) is 7.94. The van der Waals surface area contributed by atoms with Crippen LogP contribution < -0.4 is 0 Å². The van der Waals surface area contributed by atoms with Crippen molar-refractivity contribution in [1.82, 2.24) is 0 Å². The van der Waals surface area contributed by atoms with Gasteiger partial charge in [-0.05, 0) is 78.6 Å².